The number of hydrogen-bond acceptors (Lipinski definition) is 5. The summed E-state index contributed by atoms with van der Waals surface area (Å²) in [5.74, 6) is -3.61. The van der Waals surface area contributed by atoms with E-state index in [1.807, 2.05) is 0 Å². The predicted molar refractivity (Wildman–Crippen MR) is 87.4 cm³/mol. The number of ketones is 2. The maximum atomic E-state index is 12.3. The van der Waals surface area contributed by atoms with Crippen molar-refractivity contribution in [3.8, 4) is 0 Å². The molecule has 0 heterocycles. The second-order valence-corrected chi connectivity index (χ2v) is 6.78. The molecule has 0 bridgehead atoms. The van der Waals surface area contributed by atoms with E-state index in [1.54, 1.807) is 13.8 Å². The fourth-order valence-corrected chi connectivity index (χ4v) is 1.77. The van der Waals surface area contributed by atoms with Gasteiger partial charge in [0.05, 0.1) is 10.8 Å². The minimum absolute atomic E-state index is 0.311. The Labute approximate surface area is 137 Å². The predicted octanol–water partition coefficient (Wildman–Crippen LogP) is 2.89. The fraction of sp³-hybridized carbons (Fsp3) is 0.556. The van der Waals surface area contributed by atoms with Gasteiger partial charge in [-0.15, -0.1) is 0 Å². The van der Waals surface area contributed by atoms with Crippen LogP contribution in [0.25, 0.3) is 0 Å². The van der Waals surface area contributed by atoms with Gasteiger partial charge in [-0.3, -0.25) is 19.2 Å². The number of allylic oxidation sites excluding steroid dienone is 2. The van der Waals surface area contributed by atoms with Gasteiger partial charge >= 0.3 is 11.9 Å². The van der Waals surface area contributed by atoms with Crippen LogP contribution < -0.4 is 0 Å². The molecule has 0 aromatic rings. The minimum atomic E-state index is -1.19. The van der Waals surface area contributed by atoms with E-state index in [0.29, 0.717) is 0 Å². The van der Waals surface area contributed by atoms with Crippen LogP contribution in [0, 0.1) is 22.7 Å². The van der Waals surface area contributed by atoms with Crippen molar-refractivity contribution in [2.75, 3.05) is 0 Å². The maximum Gasteiger partial charge on any atom is 0.319 e. The Balaban J connectivity index is 5.26. The smallest absolute Gasteiger partial charge is 0.319 e. The number of carbonyl (C=O) groups is 4. The van der Waals surface area contributed by atoms with Crippen LogP contribution in [-0.4, -0.2) is 23.5 Å². The number of ether oxygens (including phenoxy) is 1. The first-order chi connectivity index (χ1) is 10.3. The first kappa shape index (κ1) is 21.0. The zero-order valence-electron chi connectivity index (χ0n) is 14.8. The summed E-state index contributed by atoms with van der Waals surface area (Å²) in [5.41, 5.74) is -2.38. The number of esters is 2. The molecule has 0 saturated heterocycles. The monoisotopic (exact) mass is 322 g/mol. The van der Waals surface area contributed by atoms with Crippen molar-refractivity contribution in [3.05, 3.63) is 25.3 Å². The van der Waals surface area contributed by atoms with E-state index >= 15 is 0 Å². The average molecular weight is 322 g/mol. The first-order valence-electron chi connectivity index (χ1n) is 7.43. The third-order valence-electron chi connectivity index (χ3n) is 4.66. The molecule has 0 aliphatic heterocycles. The van der Waals surface area contributed by atoms with E-state index in [4.69, 9.17) is 4.74 Å². The van der Waals surface area contributed by atoms with Gasteiger partial charge in [0, 0.05) is 11.8 Å². The standard InChI is InChI=1S/C18H26O5/c1-9-13(19)11(3)17(5,6)15(21)23-16(22)18(7,8)12(4)14(20)10-2/h9-12H,1-2H2,3-8H3. The van der Waals surface area contributed by atoms with Crippen LogP contribution in [0.5, 0.6) is 0 Å². The summed E-state index contributed by atoms with van der Waals surface area (Å²) >= 11 is 0. The lowest BCUT2D eigenvalue weighted by Crippen LogP contribution is -2.43. The van der Waals surface area contributed by atoms with E-state index in [1.165, 1.54) is 27.7 Å². The Kier molecular flexibility index (Phi) is 6.82. The molecule has 128 valence electrons. The van der Waals surface area contributed by atoms with Gasteiger partial charge in [-0.25, -0.2) is 0 Å². The molecule has 0 aromatic heterocycles. The van der Waals surface area contributed by atoms with Crippen molar-refractivity contribution in [2.45, 2.75) is 41.5 Å². The third-order valence-corrected chi connectivity index (χ3v) is 4.66. The van der Waals surface area contributed by atoms with Crippen molar-refractivity contribution in [3.63, 3.8) is 0 Å². The molecule has 0 amide bonds. The molecule has 0 aromatic carbocycles. The van der Waals surface area contributed by atoms with Crippen LogP contribution >= 0.6 is 0 Å². The van der Waals surface area contributed by atoms with Crippen LogP contribution in [0.15, 0.2) is 25.3 Å². The van der Waals surface area contributed by atoms with Crippen LogP contribution in [-0.2, 0) is 23.9 Å². The summed E-state index contributed by atoms with van der Waals surface area (Å²) in [5, 5.41) is 0. The van der Waals surface area contributed by atoms with Crippen molar-refractivity contribution < 1.29 is 23.9 Å². The van der Waals surface area contributed by atoms with Gasteiger partial charge in [0.15, 0.2) is 11.6 Å². The lowest BCUT2D eigenvalue weighted by molar-refractivity contribution is -0.176. The molecule has 0 N–H and O–H groups in total. The van der Waals surface area contributed by atoms with Gasteiger partial charge in [0.25, 0.3) is 0 Å². The molecule has 0 radical (unpaired) electrons. The Bertz CT molecular complexity index is 492. The zero-order valence-corrected chi connectivity index (χ0v) is 14.8. The normalized spacial score (nSPS) is 14.3. The first-order valence-corrected chi connectivity index (χ1v) is 7.43. The van der Waals surface area contributed by atoms with Gasteiger partial charge < -0.3 is 4.74 Å². The SMILES string of the molecule is C=CC(=O)C(C)C(C)(C)C(=O)OC(=O)C(C)(C)C(C)C(=O)C=C. The molecule has 0 spiro atoms. The number of hydrogen-bond donors (Lipinski definition) is 0. The van der Waals surface area contributed by atoms with Gasteiger partial charge in [-0.1, -0.05) is 27.0 Å². The second kappa shape index (κ2) is 7.49. The highest BCUT2D eigenvalue weighted by molar-refractivity contribution is 6.00. The average Bonchev–Trinajstić information content (AvgIpc) is 2.51. The van der Waals surface area contributed by atoms with Gasteiger partial charge in [-0.2, -0.15) is 0 Å². The highest BCUT2D eigenvalue weighted by Crippen LogP contribution is 2.33. The molecule has 2 atom stereocenters. The lowest BCUT2D eigenvalue weighted by atomic mass is 9.76. The van der Waals surface area contributed by atoms with Gasteiger partial charge in [0.1, 0.15) is 0 Å². The highest BCUT2D eigenvalue weighted by Gasteiger charge is 2.44. The van der Waals surface area contributed by atoms with Gasteiger partial charge in [-0.05, 0) is 39.8 Å². The summed E-state index contributed by atoms with van der Waals surface area (Å²) in [6, 6.07) is 0. The summed E-state index contributed by atoms with van der Waals surface area (Å²) in [6.07, 6.45) is 2.27. The molecule has 0 saturated carbocycles. The minimum Gasteiger partial charge on any atom is -0.392 e. The van der Waals surface area contributed by atoms with E-state index in [-0.39, 0.29) is 11.6 Å². The molecular formula is C18H26O5. The van der Waals surface area contributed by atoms with Crippen molar-refractivity contribution in [1.82, 2.24) is 0 Å². The number of carbonyl (C=O) groups excluding carboxylic acids is 4. The molecule has 0 fully saturated rings. The maximum absolute atomic E-state index is 12.3. The summed E-state index contributed by atoms with van der Waals surface area (Å²) in [6.45, 7) is 16.0. The van der Waals surface area contributed by atoms with E-state index < -0.39 is 34.6 Å². The summed E-state index contributed by atoms with van der Waals surface area (Å²) < 4.78 is 4.96. The topological polar surface area (TPSA) is 77.5 Å². The van der Waals surface area contributed by atoms with Crippen molar-refractivity contribution in [1.29, 1.82) is 0 Å². The Morgan fingerprint density at radius 3 is 1.26 bits per heavy atom. The lowest BCUT2D eigenvalue weighted by Gasteiger charge is -2.31. The van der Waals surface area contributed by atoms with Crippen molar-refractivity contribution >= 4 is 23.5 Å². The van der Waals surface area contributed by atoms with Crippen LogP contribution in [0.1, 0.15) is 41.5 Å². The molecular weight excluding hydrogens is 296 g/mol. The molecule has 2 unspecified atom stereocenters. The molecule has 23 heavy (non-hydrogen) atoms. The third kappa shape index (κ3) is 4.47. The summed E-state index contributed by atoms with van der Waals surface area (Å²) in [4.78, 5) is 48.1. The largest absolute Gasteiger partial charge is 0.392 e. The van der Waals surface area contributed by atoms with Crippen LogP contribution in [0.4, 0.5) is 0 Å². The second-order valence-electron chi connectivity index (χ2n) is 6.78. The molecule has 5 nitrogen and oxygen atoms in total. The Morgan fingerprint density at radius 1 is 0.783 bits per heavy atom. The quantitative estimate of drug-likeness (QED) is 0.390. The van der Waals surface area contributed by atoms with E-state index in [0.717, 1.165) is 12.2 Å². The summed E-state index contributed by atoms with van der Waals surface area (Å²) in [7, 11) is 0. The molecule has 0 rings (SSSR count). The van der Waals surface area contributed by atoms with Gasteiger partial charge in [0.2, 0.25) is 0 Å². The van der Waals surface area contributed by atoms with Crippen molar-refractivity contribution in [2.24, 2.45) is 22.7 Å². The molecule has 5 heteroatoms. The van der Waals surface area contributed by atoms with Crippen LogP contribution in [0.2, 0.25) is 0 Å². The molecule has 0 aliphatic rings. The Hall–Kier alpha value is -2.04. The Morgan fingerprint density at radius 2 is 1.04 bits per heavy atom. The van der Waals surface area contributed by atoms with E-state index in [9.17, 15) is 19.2 Å². The highest BCUT2D eigenvalue weighted by atomic mass is 16.6. The zero-order chi connectivity index (χ0) is 18.6. The molecule has 0 aliphatic carbocycles. The van der Waals surface area contributed by atoms with Crippen LogP contribution in [0.3, 0.4) is 0 Å². The fourth-order valence-electron chi connectivity index (χ4n) is 1.77. The number of rotatable bonds is 8. The van der Waals surface area contributed by atoms with E-state index in [2.05, 4.69) is 13.2 Å².